The van der Waals surface area contributed by atoms with Crippen LogP contribution in [0.3, 0.4) is 0 Å². The van der Waals surface area contributed by atoms with Gasteiger partial charge in [-0.05, 0) is 28.1 Å². The van der Waals surface area contributed by atoms with E-state index >= 15 is 0 Å². The normalized spacial score (nSPS) is 10.9. The molecule has 3 rings (SSSR count). The highest BCUT2D eigenvalue weighted by Crippen LogP contribution is 2.30. The van der Waals surface area contributed by atoms with E-state index < -0.39 is 28.4 Å². The Bertz CT molecular complexity index is 984. The zero-order valence-corrected chi connectivity index (χ0v) is 14.1. The van der Waals surface area contributed by atoms with Crippen LogP contribution in [0.1, 0.15) is 0 Å². The van der Waals surface area contributed by atoms with Gasteiger partial charge in [-0.1, -0.05) is 11.6 Å². The van der Waals surface area contributed by atoms with Gasteiger partial charge in [-0.25, -0.2) is 18.2 Å². The Morgan fingerprint density at radius 2 is 1.79 bits per heavy atom. The van der Waals surface area contributed by atoms with Gasteiger partial charge in [0, 0.05) is 30.6 Å². The highest BCUT2D eigenvalue weighted by Gasteiger charge is 2.19. The minimum atomic E-state index is -1.14. The maximum Gasteiger partial charge on any atom is 0.196 e. The molecule has 0 saturated heterocycles. The summed E-state index contributed by atoms with van der Waals surface area (Å²) in [5.41, 5.74) is -0.851. The van der Waals surface area contributed by atoms with Crippen molar-refractivity contribution in [1.29, 1.82) is 0 Å². The van der Waals surface area contributed by atoms with E-state index in [9.17, 15) is 18.0 Å². The minimum Gasteiger partial charge on any atom is -0.312 e. The first-order valence-electron chi connectivity index (χ1n) is 6.56. The Balaban J connectivity index is 2.40. The second kappa shape index (κ2) is 6.41. The van der Waals surface area contributed by atoms with Crippen molar-refractivity contribution in [3.63, 3.8) is 0 Å². The van der Waals surface area contributed by atoms with Crippen molar-refractivity contribution in [3.05, 3.63) is 80.0 Å². The van der Waals surface area contributed by atoms with Gasteiger partial charge in [0.05, 0.1) is 21.4 Å². The van der Waals surface area contributed by atoms with Crippen molar-refractivity contribution >= 4 is 27.5 Å². The number of hydrogen-bond donors (Lipinski definition) is 0. The maximum absolute atomic E-state index is 14.2. The van der Waals surface area contributed by atoms with Crippen LogP contribution in [-0.4, -0.2) is 9.55 Å². The maximum atomic E-state index is 14.2. The molecular formula is C16H7BrClF3N2O. The third-order valence-electron chi connectivity index (χ3n) is 3.27. The molecular weight excluding hydrogens is 409 g/mol. The topological polar surface area (TPSA) is 34.9 Å². The van der Waals surface area contributed by atoms with Gasteiger partial charge in [0.25, 0.3) is 0 Å². The van der Waals surface area contributed by atoms with Crippen molar-refractivity contribution in [2.24, 2.45) is 0 Å². The summed E-state index contributed by atoms with van der Waals surface area (Å²) in [6, 6.07) is 5.26. The van der Waals surface area contributed by atoms with Gasteiger partial charge in [0.2, 0.25) is 0 Å². The molecule has 0 saturated carbocycles. The second-order valence-corrected chi connectivity index (χ2v) is 6.01. The Morgan fingerprint density at radius 3 is 2.42 bits per heavy atom. The molecule has 3 nitrogen and oxygen atoms in total. The lowest BCUT2D eigenvalue weighted by molar-refractivity contribution is 0.547. The standard InChI is InChI=1S/C16H7BrClF3N2O/c17-9-7-23(12-2-1-3-22-16(12)18)13(6-14(9)24)15-10(20)4-8(19)5-11(15)21/h1-7H. The first-order valence-corrected chi connectivity index (χ1v) is 7.73. The number of aromatic nitrogens is 2. The van der Waals surface area contributed by atoms with Crippen molar-refractivity contribution < 1.29 is 13.2 Å². The zero-order valence-electron chi connectivity index (χ0n) is 11.7. The molecule has 0 atom stereocenters. The van der Waals surface area contributed by atoms with Crippen LogP contribution in [0.25, 0.3) is 16.9 Å². The largest absolute Gasteiger partial charge is 0.312 e. The number of benzene rings is 1. The van der Waals surface area contributed by atoms with Crippen molar-refractivity contribution in [2.75, 3.05) is 0 Å². The fraction of sp³-hybridized carbons (Fsp3) is 0. The van der Waals surface area contributed by atoms with E-state index in [-0.39, 0.29) is 15.3 Å². The Hall–Kier alpha value is -2.12. The predicted molar refractivity (Wildman–Crippen MR) is 87.9 cm³/mol. The number of nitrogens with zero attached hydrogens (tertiary/aromatic N) is 2. The van der Waals surface area contributed by atoms with Gasteiger partial charge >= 0.3 is 0 Å². The van der Waals surface area contributed by atoms with Crippen LogP contribution in [0.4, 0.5) is 13.2 Å². The first kappa shape index (κ1) is 16.7. The van der Waals surface area contributed by atoms with Crippen LogP contribution in [0, 0.1) is 17.5 Å². The van der Waals surface area contributed by atoms with Gasteiger partial charge in [-0.15, -0.1) is 0 Å². The zero-order chi connectivity index (χ0) is 17.4. The molecule has 2 aromatic heterocycles. The highest BCUT2D eigenvalue weighted by atomic mass is 79.9. The molecule has 0 aliphatic rings. The summed E-state index contributed by atoms with van der Waals surface area (Å²) in [7, 11) is 0. The summed E-state index contributed by atoms with van der Waals surface area (Å²) in [6.45, 7) is 0. The summed E-state index contributed by atoms with van der Waals surface area (Å²) < 4.78 is 43.0. The molecule has 0 unspecified atom stereocenters. The highest BCUT2D eigenvalue weighted by molar-refractivity contribution is 9.10. The SMILES string of the molecule is O=c1cc(-c2c(F)cc(F)cc2F)n(-c2cccnc2Cl)cc1Br. The number of pyridine rings is 2. The third kappa shape index (κ3) is 2.97. The van der Waals surface area contributed by atoms with Gasteiger partial charge in [0.15, 0.2) is 10.6 Å². The Labute approximate surface area is 147 Å². The summed E-state index contributed by atoms with van der Waals surface area (Å²) in [6.07, 6.45) is 2.77. The molecule has 0 spiro atoms. The molecule has 0 fully saturated rings. The lowest BCUT2D eigenvalue weighted by Crippen LogP contribution is -2.11. The molecule has 0 bridgehead atoms. The molecule has 0 aliphatic carbocycles. The summed E-state index contributed by atoms with van der Waals surface area (Å²) in [5.74, 6) is -3.33. The Kier molecular flexibility index (Phi) is 4.47. The van der Waals surface area contributed by atoms with Gasteiger partial charge in [0.1, 0.15) is 17.5 Å². The lowest BCUT2D eigenvalue weighted by Gasteiger charge is -2.16. The van der Waals surface area contributed by atoms with Crippen LogP contribution in [0.5, 0.6) is 0 Å². The minimum absolute atomic E-state index is 0.0669. The molecule has 0 radical (unpaired) electrons. The molecule has 0 aliphatic heterocycles. The van der Waals surface area contributed by atoms with E-state index in [0.29, 0.717) is 17.8 Å². The van der Waals surface area contributed by atoms with Crippen molar-refractivity contribution in [1.82, 2.24) is 9.55 Å². The van der Waals surface area contributed by atoms with Crippen molar-refractivity contribution in [2.45, 2.75) is 0 Å². The monoisotopic (exact) mass is 414 g/mol. The molecule has 0 amide bonds. The summed E-state index contributed by atoms with van der Waals surface area (Å²) in [5, 5.41) is 0.0669. The Morgan fingerprint density at radius 1 is 1.12 bits per heavy atom. The smallest absolute Gasteiger partial charge is 0.196 e. The van der Waals surface area contributed by atoms with Crippen molar-refractivity contribution in [3.8, 4) is 16.9 Å². The van der Waals surface area contributed by atoms with Crippen LogP contribution in [0.15, 0.2) is 52.0 Å². The van der Waals surface area contributed by atoms with Crippen LogP contribution >= 0.6 is 27.5 Å². The molecule has 3 aromatic rings. The summed E-state index contributed by atoms with van der Waals surface area (Å²) >= 11 is 9.12. The van der Waals surface area contributed by atoms with Gasteiger partial charge < -0.3 is 4.57 Å². The molecule has 8 heteroatoms. The molecule has 1 aromatic carbocycles. The van der Waals surface area contributed by atoms with E-state index in [4.69, 9.17) is 11.6 Å². The van der Waals surface area contributed by atoms with Gasteiger partial charge in [-0.2, -0.15) is 0 Å². The van der Waals surface area contributed by atoms with E-state index in [1.54, 1.807) is 12.1 Å². The molecule has 122 valence electrons. The fourth-order valence-electron chi connectivity index (χ4n) is 2.25. The van der Waals surface area contributed by atoms with E-state index in [0.717, 1.165) is 6.07 Å². The quantitative estimate of drug-likeness (QED) is 0.567. The lowest BCUT2D eigenvalue weighted by atomic mass is 10.1. The van der Waals surface area contributed by atoms with Gasteiger partial charge in [-0.3, -0.25) is 4.79 Å². The third-order valence-corrected chi connectivity index (χ3v) is 4.15. The molecule has 24 heavy (non-hydrogen) atoms. The number of hydrogen-bond acceptors (Lipinski definition) is 2. The van der Waals surface area contributed by atoms with Crippen LogP contribution in [-0.2, 0) is 0 Å². The van der Waals surface area contributed by atoms with Crippen LogP contribution in [0.2, 0.25) is 5.15 Å². The predicted octanol–water partition coefficient (Wildman–Crippen LogP) is 4.73. The van der Waals surface area contributed by atoms with E-state index in [1.165, 1.54) is 17.0 Å². The molecule has 0 N–H and O–H groups in total. The number of halogens is 5. The average molecular weight is 416 g/mol. The first-order chi connectivity index (χ1) is 11.4. The fourth-order valence-corrected chi connectivity index (χ4v) is 2.77. The molecule has 2 heterocycles. The average Bonchev–Trinajstić information content (AvgIpc) is 2.50. The van der Waals surface area contributed by atoms with Crippen LogP contribution < -0.4 is 5.43 Å². The number of rotatable bonds is 2. The van der Waals surface area contributed by atoms with E-state index in [1.807, 2.05) is 0 Å². The van der Waals surface area contributed by atoms with E-state index in [2.05, 4.69) is 20.9 Å². The summed E-state index contributed by atoms with van der Waals surface area (Å²) in [4.78, 5) is 15.8. The second-order valence-electron chi connectivity index (χ2n) is 4.80.